The van der Waals surface area contributed by atoms with Crippen LogP contribution >= 0.6 is 11.3 Å². The Balaban J connectivity index is 1.76. The van der Waals surface area contributed by atoms with Gasteiger partial charge in [-0.15, -0.1) is 11.3 Å². The Labute approximate surface area is 135 Å². The zero-order valence-electron chi connectivity index (χ0n) is 12.9. The highest BCUT2D eigenvalue weighted by Crippen LogP contribution is 2.21. The first-order valence-electron chi connectivity index (χ1n) is 7.67. The van der Waals surface area contributed by atoms with E-state index in [1.807, 2.05) is 23.1 Å². The van der Waals surface area contributed by atoms with Crippen LogP contribution in [0.1, 0.15) is 18.4 Å². The predicted octanol–water partition coefficient (Wildman–Crippen LogP) is 1.66. The molecule has 2 N–H and O–H groups in total. The first-order chi connectivity index (χ1) is 10.7. The fourth-order valence-electron chi connectivity index (χ4n) is 2.32. The molecule has 22 heavy (non-hydrogen) atoms. The Bertz CT molecular complexity index is 561. The molecule has 0 radical (unpaired) electrons. The molecule has 0 aliphatic carbocycles. The zero-order chi connectivity index (χ0) is 15.8. The maximum absolute atomic E-state index is 11.9. The zero-order valence-corrected chi connectivity index (χ0v) is 13.7. The van der Waals surface area contributed by atoms with E-state index in [0.717, 1.165) is 29.9 Å². The van der Waals surface area contributed by atoms with Crippen molar-refractivity contribution in [1.82, 2.24) is 15.2 Å². The largest absolute Gasteiger partial charge is 0.395 e. The summed E-state index contributed by atoms with van der Waals surface area (Å²) in [6.45, 7) is 4.45. The third-order valence-corrected chi connectivity index (χ3v) is 4.42. The number of hydrogen-bond donors (Lipinski definition) is 2. The highest BCUT2D eigenvalue weighted by Gasteiger charge is 2.09. The van der Waals surface area contributed by atoms with E-state index >= 15 is 0 Å². The van der Waals surface area contributed by atoms with Crippen LogP contribution in [0.25, 0.3) is 10.2 Å². The van der Waals surface area contributed by atoms with E-state index in [0.29, 0.717) is 19.6 Å². The average Bonchev–Trinajstić information content (AvgIpc) is 2.90. The van der Waals surface area contributed by atoms with Gasteiger partial charge >= 0.3 is 0 Å². The minimum Gasteiger partial charge on any atom is -0.395 e. The van der Waals surface area contributed by atoms with Crippen LogP contribution in [0.3, 0.4) is 0 Å². The lowest BCUT2D eigenvalue weighted by Crippen LogP contribution is -2.39. The monoisotopic (exact) mass is 321 g/mol. The van der Waals surface area contributed by atoms with Gasteiger partial charge in [0.05, 0.1) is 28.4 Å². The molecular formula is C16H23N3O2S. The second kappa shape index (κ2) is 8.82. The minimum atomic E-state index is 0.00279. The highest BCUT2D eigenvalue weighted by atomic mass is 32.1. The van der Waals surface area contributed by atoms with Gasteiger partial charge in [0.1, 0.15) is 0 Å². The van der Waals surface area contributed by atoms with Gasteiger partial charge in [-0.1, -0.05) is 19.1 Å². The van der Waals surface area contributed by atoms with Gasteiger partial charge in [-0.05, 0) is 25.1 Å². The van der Waals surface area contributed by atoms with Gasteiger partial charge in [0.15, 0.2) is 0 Å². The first-order valence-corrected chi connectivity index (χ1v) is 8.49. The molecule has 0 spiro atoms. The summed E-state index contributed by atoms with van der Waals surface area (Å²) in [6.07, 6.45) is 1.72. The molecule has 0 unspecified atom stereocenters. The van der Waals surface area contributed by atoms with Crippen molar-refractivity contribution in [3.8, 4) is 0 Å². The lowest BCUT2D eigenvalue weighted by atomic mass is 10.3. The average molecular weight is 321 g/mol. The summed E-state index contributed by atoms with van der Waals surface area (Å²) in [7, 11) is 0. The van der Waals surface area contributed by atoms with Crippen LogP contribution in [-0.2, 0) is 11.2 Å². The molecule has 0 aliphatic heterocycles. The number of nitrogens with one attached hydrogen (secondary N) is 1. The van der Waals surface area contributed by atoms with E-state index in [1.54, 1.807) is 11.3 Å². The first kappa shape index (κ1) is 16.9. The summed E-state index contributed by atoms with van der Waals surface area (Å²) >= 11 is 1.67. The molecule has 0 fully saturated rings. The number of aliphatic hydroxyl groups is 1. The molecule has 2 aromatic rings. The number of rotatable bonds is 9. The summed E-state index contributed by atoms with van der Waals surface area (Å²) < 4.78 is 1.18. The molecule has 0 aliphatic rings. The highest BCUT2D eigenvalue weighted by molar-refractivity contribution is 7.18. The van der Waals surface area contributed by atoms with Gasteiger partial charge in [-0.2, -0.15) is 0 Å². The topological polar surface area (TPSA) is 65.5 Å². The van der Waals surface area contributed by atoms with Crippen molar-refractivity contribution in [3.63, 3.8) is 0 Å². The van der Waals surface area contributed by atoms with Gasteiger partial charge in [-0.3, -0.25) is 9.69 Å². The Hall–Kier alpha value is -1.50. The van der Waals surface area contributed by atoms with Crippen molar-refractivity contribution in [2.45, 2.75) is 19.8 Å². The van der Waals surface area contributed by atoms with Crippen LogP contribution in [0.5, 0.6) is 0 Å². The van der Waals surface area contributed by atoms with Crippen LogP contribution in [0, 0.1) is 0 Å². The lowest BCUT2D eigenvalue weighted by Gasteiger charge is -2.19. The molecule has 1 aromatic carbocycles. The molecule has 5 nitrogen and oxygen atoms in total. The molecule has 6 heteroatoms. The number of amides is 1. The lowest BCUT2D eigenvalue weighted by molar-refractivity contribution is -0.122. The summed E-state index contributed by atoms with van der Waals surface area (Å²) in [6, 6.07) is 8.06. The Morgan fingerprint density at radius 1 is 1.36 bits per heavy atom. The van der Waals surface area contributed by atoms with Crippen molar-refractivity contribution < 1.29 is 9.90 Å². The quantitative estimate of drug-likeness (QED) is 0.737. The summed E-state index contributed by atoms with van der Waals surface area (Å²) in [5, 5.41) is 13.0. The standard InChI is InChI=1S/C16H23N3O2S/c1-2-9-19(10-11-20)12-15(21)17-8-7-16-18-13-5-3-4-6-14(13)22-16/h3-6,20H,2,7-12H2,1H3,(H,17,21). The Kier molecular flexibility index (Phi) is 6.76. The molecule has 1 aromatic heterocycles. The van der Waals surface area contributed by atoms with Gasteiger partial charge in [0.2, 0.25) is 5.91 Å². The van der Waals surface area contributed by atoms with Crippen LogP contribution in [0.15, 0.2) is 24.3 Å². The smallest absolute Gasteiger partial charge is 0.234 e. The summed E-state index contributed by atoms with van der Waals surface area (Å²) in [5.41, 5.74) is 1.02. The van der Waals surface area contributed by atoms with Gasteiger partial charge in [0, 0.05) is 19.5 Å². The number of para-hydroxylation sites is 1. The molecule has 0 saturated carbocycles. The van der Waals surface area contributed by atoms with Gasteiger partial charge in [0.25, 0.3) is 0 Å². The summed E-state index contributed by atoms with van der Waals surface area (Å²) in [4.78, 5) is 18.4. The van der Waals surface area contributed by atoms with E-state index in [-0.39, 0.29) is 12.5 Å². The van der Waals surface area contributed by atoms with Crippen molar-refractivity contribution >= 4 is 27.5 Å². The van der Waals surface area contributed by atoms with Gasteiger partial charge in [-0.25, -0.2) is 4.98 Å². The van der Waals surface area contributed by atoms with Crippen molar-refractivity contribution in [2.24, 2.45) is 0 Å². The van der Waals surface area contributed by atoms with E-state index in [1.165, 1.54) is 4.70 Å². The third-order valence-electron chi connectivity index (χ3n) is 3.32. The number of thiazole rings is 1. The molecule has 2 rings (SSSR count). The maximum atomic E-state index is 11.9. The fourth-order valence-corrected chi connectivity index (χ4v) is 3.29. The van der Waals surface area contributed by atoms with E-state index in [2.05, 4.69) is 23.3 Å². The molecular weight excluding hydrogens is 298 g/mol. The number of carbonyl (C=O) groups excluding carboxylic acids is 1. The van der Waals surface area contributed by atoms with Crippen molar-refractivity contribution in [2.75, 3.05) is 32.8 Å². The number of aliphatic hydroxyl groups excluding tert-OH is 1. The fraction of sp³-hybridized carbons (Fsp3) is 0.500. The van der Waals surface area contributed by atoms with E-state index in [9.17, 15) is 4.79 Å². The Morgan fingerprint density at radius 2 is 2.18 bits per heavy atom. The number of fused-ring (bicyclic) bond motifs is 1. The van der Waals surface area contributed by atoms with Gasteiger partial charge < -0.3 is 10.4 Å². The van der Waals surface area contributed by atoms with Crippen molar-refractivity contribution in [1.29, 1.82) is 0 Å². The molecule has 120 valence electrons. The van der Waals surface area contributed by atoms with Crippen molar-refractivity contribution in [3.05, 3.63) is 29.3 Å². The van der Waals surface area contributed by atoms with Crippen LogP contribution < -0.4 is 5.32 Å². The number of aromatic nitrogens is 1. The molecule has 0 atom stereocenters. The molecule has 0 saturated heterocycles. The number of carbonyl (C=O) groups is 1. The van der Waals surface area contributed by atoms with E-state index < -0.39 is 0 Å². The SMILES string of the molecule is CCCN(CCO)CC(=O)NCCc1nc2ccccc2s1. The van der Waals surface area contributed by atoms with Crippen LogP contribution in [0.4, 0.5) is 0 Å². The Morgan fingerprint density at radius 3 is 2.91 bits per heavy atom. The number of hydrogen-bond acceptors (Lipinski definition) is 5. The predicted molar refractivity (Wildman–Crippen MR) is 90.2 cm³/mol. The molecule has 1 amide bonds. The van der Waals surface area contributed by atoms with Crippen LogP contribution in [0.2, 0.25) is 0 Å². The third kappa shape index (κ3) is 5.05. The number of benzene rings is 1. The second-order valence-corrected chi connectivity index (χ2v) is 6.29. The minimum absolute atomic E-state index is 0.00279. The number of nitrogens with zero attached hydrogens (tertiary/aromatic N) is 2. The maximum Gasteiger partial charge on any atom is 0.234 e. The molecule has 0 bridgehead atoms. The summed E-state index contributed by atoms with van der Waals surface area (Å²) in [5.74, 6) is 0.00279. The van der Waals surface area contributed by atoms with E-state index in [4.69, 9.17) is 5.11 Å². The second-order valence-electron chi connectivity index (χ2n) is 5.18. The normalized spacial score (nSPS) is 11.2. The van der Waals surface area contributed by atoms with Crippen LogP contribution in [-0.4, -0.2) is 53.7 Å². The molecule has 1 heterocycles.